The second-order valence-corrected chi connectivity index (χ2v) is 5.99. The molecule has 1 saturated heterocycles. The molecule has 1 heterocycles. The van der Waals surface area contributed by atoms with Crippen LogP contribution in [0.4, 0.5) is 28.0 Å². The minimum Gasteiger partial charge on any atom is -0.329 e. The van der Waals surface area contributed by atoms with Crippen molar-refractivity contribution in [3.8, 4) is 0 Å². The second-order valence-electron chi connectivity index (χ2n) is 5.99. The Morgan fingerprint density at radius 2 is 2.08 bits per heavy atom. The highest BCUT2D eigenvalue weighted by Crippen LogP contribution is 2.32. The van der Waals surface area contributed by atoms with Crippen molar-refractivity contribution in [3.05, 3.63) is 29.6 Å². The summed E-state index contributed by atoms with van der Waals surface area (Å²) in [6.45, 7) is 2.99. The highest BCUT2D eigenvalue weighted by atomic mass is 19.4. The number of carbonyl (C=O) groups excluding carboxylic acids is 1. The lowest BCUT2D eigenvalue weighted by atomic mass is 10.1. The molecule has 0 radical (unpaired) electrons. The van der Waals surface area contributed by atoms with E-state index in [-0.39, 0.29) is 17.9 Å². The molecular weight excluding hydrogens is 356 g/mol. The Bertz CT molecular complexity index is 627. The maximum absolute atomic E-state index is 13.3. The van der Waals surface area contributed by atoms with Crippen LogP contribution in [0, 0.1) is 5.82 Å². The molecule has 0 bridgehead atoms. The van der Waals surface area contributed by atoms with Crippen LogP contribution in [0.1, 0.15) is 18.9 Å². The first-order chi connectivity index (χ1) is 12.2. The van der Waals surface area contributed by atoms with Gasteiger partial charge < -0.3 is 21.7 Å². The van der Waals surface area contributed by atoms with E-state index in [1.54, 1.807) is 0 Å². The Kier molecular flexibility index (Phi) is 6.75. The van der Waals surface area contributed by atoms with Crippen LogP contribution in [0.3, 0.4) is 0 Å². The first-order valence-electron chi connectivity index (χ1n) is 8.09. The minimum atomic E-state index is -4.85. The summed E-state index contributed by atoms with van der Waals surface area (Å²) in [5, 5.41) is 14.2. The Labute approximate surface area is 148 Å². The van der Waals surface area contributed by atoms with Crippen LogP contribution in [-0.4, -0.2) is 37.6 Å². The molecule has 3 atom stereocenters. The zero-order chi connectivity index (χ0) is 19.3. The molecule has 1 aromatic rings. The SMILES string of the molecule is CC1CC(NCCN)NC(NC(=O)Nc2ccc(F)c(C(F)(F)F)c2)N1. The molecule has 0 aromatic heterocycles. The Balaban J connectivity index is 1.96. The third-order valence-electron chi connectivity index (χ3n) is 3.75. The lowest BCUT2D eigenvalue weighted by Gasteiger charge is -2.36. The summed E-state index contributed by atoms with van der Waals surface area (Å²) in [7, 11) is 0. The summed E-state index contributed by atoms with van der Waals surface area (Å²) in [5.41, 5.74) is 3.83. The van der Waals surface area contributed by atoms with Gasteiger partial charge in [-0.3, -0.25) is 10.6 Å². The van der Waals surface area contributed by atoms with Crippen molar-refractivity contribution in [3.63, 3.8) is 0 Å². The molecule has 0 spiro atoms. The number of alkyl halides is 3. The lowest BCUT2D eigenvalue weighted by Crippen LogP contribution is -2.68. The normalized spacial score (nSPS) is 23.5. The molecule has 1 aromatic carbocycles. The van der Waals surface area contributed by atoms with Gasteiger partial charge in [0.1, 0.15) is 12.1 Å². The quantitative estimate of drug-likeness (QED) is 0.431. The highest BCUT2D eigenvalue weighted by Gasteiger charge is 2.34. The van der Waals surface area contributed by atoms with E-state index in [2.05, 4.69) is 26.6 Å². The van der Waals surface area contributed by atoms with Gasteiger partial charge in [-0.25, -0.2) is 9.18 Å². The minimum absolute atomic E-state index is 0.0808. The summed E-state index contributed by atoms with van der Waals surface area (Å²) in [4.78, 5) is 12.0. The first kappa shape index (κ1) is 20.4. The van der Waals surface area contributed by atoms with Crippen molar-refractivity contribution in [2.45, 2.75) is 38.0 Å². The molecule has 0 saturated carbocycles. The van der Waals surface area contributed by atoms with Gasteiger partial charge >= 0.3 is 12.2 Å². The molecule has 11 heteroatoms. The zero-order valence-corrected chi connectivity index (χ0v) is 14.1. The van der Waals surface area contributed by atoms with Crippen molar-refractivity contribution in [1.82, 2.24) is 21.3 Å². The van der Waals surface area contributed by atoms with E-state index < -0.39 is 29.9 Å². The molecule has 1 aliphatic heterocycles. The van der Waals surface area contributed by atoms with Gasteiger partial charge in [-0.1, -0.05) is 0 Å². The van der Waals surface area contributed by atoms with Crippen LogP contribution in [-0.2, 0) is 6.18 Å². The second kappa shape index (κ2) is 8.62. The summed E-state index contributed by atoms with van der Waals surface area (Å²) < 4.78 is 51.4. The van der Waals surface area contributed by atoms with E-state index in [9.17, 15) is 22.4 Å². The van der Waals surface area contributed by atoms with Crippen molar-refractivity contribution >= 4 is 11.7 Å². The van der Waals surface area contributed by atoms with Gasteiger partial charge in [0.2, 0.25) is 0 Å². The fourth-order valence-electron chi connectivity index (χ4n) is 2.63. The topological polar surface area (TPSA) is 103 Å². The monoisotopic (exact) mass is 378 g/mol. The largest absolute Gasteiger partial charge is 0.419 e. The van der Waals surface area contributed by atoms with Gasteiger partial charge in [0.25, 0.3) is 0 Å². The molecule has 0 aliphatic carbocycles. The van der Waals surface area contributed by atoms with Crippen LogP contribution in [0.15, 0.2) is 18.2 Å². The molecule has 7 nitrogen and oxygen atoms in total. The number of nitrogens with one attached hydrogen (secondary N) is 5. The summed E-state index contributed by atoms with van der Waals surface area (Å²) >= 11 is 0. The van der Waals surface area contributed by atoms with Crippen LogP contribution in [0.25, 0.3) is 0 Å². The fraction of sp³-hybridized carbons (Fsp3) is 0.533. The number of urea groups is 1. The van der Waals surface area contributed by atoms with Crippen LogP contribution in [0.2, 0.25) is 0 Å². The highest BCUT2D eigenvalue weighted by molar-refractivity contribution is 5.89. The van der Waals surface area contributed by atoms with E-state index in [1.165, 1.54) is 0 Å². The van der Waals surface area contributed by atoms with Gasteiger partial charge in [-0.2, -0.15) is 13.2 Å². The number of hydrogen-bond acceptors (Lipinski definition) is 5. The molecular formula is C15H22F4N6O. The van der Waals surface area contributed by atoms with Crippen molar-refractivity contribution < 1.29 is 22.4 Å². The lowest BCUT2D eigenvalue weighted by molar-refractivity contribution is -0.139. The molecule has 2 amide bonds. The van der Waals surface area contributed by atoms with E-state index in [0.29, 0.717) is 25.2 Å². The number of amides is 2. The maximum atomic E-state index is 13.3. The Morgan fingerprint density at radius 1 is 1.35 bits per heavy atom. The number of anilines is 1. The van der Waals surface area contributed by atoms with Crippen LogP contribution in [0.5, 0.6) is 0 Å². The number of benzene rings is 1. The summed E-state index contributed by atoms with van der Waals surface area (Å²) in [6, 6.07) is 1.61. The number of hydrogen-bond donors (Lipinski definition) is 6. The molecule has 146 valence electrons. The predicted molar refractivity (Wildman–Crippen MR) is 88.5 cm³/mol. The predicted octanol–water partition coefficient (Wildman–Crippen LogP) is 1.10. The Hall–Kier alpha value is -1.95. The number of halogens is 4. The van der Waals surface area contributed by atoms with Crippen molar-refractivity contribution in [1.29, 1.82) is 0 Å². The Morgan fingerprint density at radius 3 is 2.73 bits per heavy atom. The number of nitrogens with two attached hydrogens (primary N) is 1. The molecule has 1 fully saturated rings. The average molecular weight is 378 g/mol. The van der Waals surface area contributed by atoms with Crippen molar-refractivity contribution in [2.24, 2.45) is 5.73 Å². The smallest absolute Gasteiger partial charge is 0.329 e. The van der Waals surface area contributed by atoms with Gasteiger partial charge in [-0.05, 0) is 31.5 Å². The molecule has 7 N–H and O–H groups in total. The van der Waals surface area contributed by atoms with Gasteiger partial charge in [0, 0.05) is 24.8 Å². The van der Waals surface area contributed by atoms with Crippen molar-refractivity contribution in [2.75, 3.05) is 18.4 Å². The van der Waals surface area contributed by atoms with E-state index in [1.807, 2.05) is 6.92 Å². The fourth-order valence-corrected chi connectivity index (χ4v) is 2.63. The third-order valence-corrected chi connectivity index (χ3v) is 3.75. The van der Waals surface area contributed by atoms with Gasteiger partial charge in [0.15, 0.2) is 0 Å². The third kappa shape index (κ3) is 5.80. The van der Waals surface area contributed by atoms with Crippen LogP contribution < -0.4 is 32.3 Å². The number of rotatable bonds is 5. The van der Waals surface area contributed by atoms with E-state index in [0.717, 1.165) is 12.5 Å². The van der Waals surface area contributed by atoms with E-state index >= 15 is 0 Å². The summed E-state index contributed by atoms with van der Waals surface area (Å²) in [6.07, 6.45) is -4.77. The van der Waals surface area contributed by atoms with Gasteiger partial charge in [0.05, 0.1) is 11.7 Å². The maximum Gasteiger partial charge on any atom is 0.419 e. The molecule has 2 rings (SSSR count). The number of carbonyl (C=O) groups is 1. The molecule has 1 aliphatic rings. The first-order valence-corrected chi connectivity index (χ1v) is 8.09. The summed E-state index contributed by atoms with van der Waals surface area (Å²) in [5.74, 6) is -1.40. The molecule has 3 unspecified atom stereocenters. The zero-order valence-electron chi connectivity index (χ0n) is 14.1. The van der Waals surface area contributed by atoms with Crippen LogP contribution >= 0.6 is 0 Å². The van der Waals surface area contributed by atoms with Gasteiger partial charge in [-0.15, -0.1) is 0 Å². The molecule has 26 heavy (non-hydrogen) atoms. The standard InChI is InChI=1S/C15H22F4N6O/c1-8-6-12(21-5-4-20)24-13(22-8)25-14(26)23-9-2-3-11(16)10(7-9)15(17,18)19/h2-3,7-8,12-13,21-22,24H,4-6,20H2,1H3,(H2,23,25,26). The average Bonchev–Trinajstić information content (AvgIpc) is 2.53. The van der Waals surface area contributed by atoms with E-state index in [4.69, 9.17) is 5.73 Å².